The summed E-state index contributed by atoms with van der Waals surface area (Å²) in [7, 11) is 0. The number of amides is 3. The van der Waals surface area contributed by atoms with Crippen LogP contribution in [0.4, 0.5) is 4.79 Å². The zero-order chi connectivity index (χ0) is 19.2. The average molecular weight is 399 g/mol. The van der Waals surface area contributed by atoms with Gasteiger partial charge in [-0.15, -0.1) is 0 Å². The Balaban J connectivity index is 1.71. The van der Waals surface area contributed by atoms with Crippen LogP contribution >= 0.6 is 23.2 Å². The number of hydrogen-bond acceptors (Lipinski definition) is 2. The van der Waals surface area contributed by atoms with E-state index in [1.807, 2.05) is 42.5 Å². The van der Waals surface area contributed by atoms with Crippen molar-refractivity contribution < 1.29 is 9.59 Å². The summed E-state index contributed by atoms with van der Waals surface area (Å²) in [5, 5.41) is 5.67. The first-order valence-corrected chi connectivity index (χ1v) is 9.22. The molecular formula is C21H16Cl2N2O2. The maximum absolute atomic E-state index is 13.2. The van der Waals surface area contributed by atoms with Gasteiger partial charge in [0.1, 0.15) is 5.54 Å². The molecule has 4 nitrogen and oxygen atoms in total. The normalized spacial score (nSPS) is 19.6. The molecule has 1 fully saturated rings. The Morgan fingerprint density at radius 3 is 2.52 bits per heavy atom. The molecule has 27 heavy (non-hydrogen) atoms. The minimum Gasteiger partial charge on any atom is -0.319 e. The molecule has 0 spiro atoms. The molecule has 0 aromatic heterocycles. The quantitative estimate of drug-likeness (QED) is 0.622. The first-order chi connectivity index (χ1) is 12.9. The van der Waals surface area contributed by atoms with Crippen LogP contribution in [0.25, 0.3) is 10.8 Å². The molecule has 3 aromatic rings. The van der Waals surface area contributed by atoms with E-state index in [0.717, 1.165) is 16.3 Å². The molecule has 0 unspecified atom stereocenters. The summed E-state index contributed by atoms with van der Waals surface area (Å²) < 4.78 is 0. The third-order valence-electron chi connectivity index (χ3n) is 4.95. The van der Waals surface area contributed by atoms with Crippen molar-refractivity contribution in [2.75, 3.05) is 0 Å². The highest BCUT2D eigenvalue weighted by Crippen LogP contribution is 2.35. The van der Waals surface area contributed by atoms with E-state index in [1.165, 1.54) is 4.90 Å². The van der Waals surface area contributed by atoms with Crippen molar-refractivity contribution in [3.05, 3.63) is 81.8 Å². The van der Waals surface area contributed by atoms with Gasteiger partial charge in [-0.05, 0) is 35.4 Å². The van der Waals surface area contributed by atoms with Gasteiger partial charge in [0, 0.05) is 15.6 Å². The van der Waals surface area contributed by atoms with E-state index >= 15 is 0 Å². The van der Waals surface area contributed by atoms with Gasteiger partial charge in [0.2, 0.25) is 0 Å². The molecule has 6 heteroatoms. The number of fused-ring (bicyclic) bond motifs is 1. The van der Waals surface area contributed by atoms with Crippen molar-refractivity contribution >= 4 is 45.9 Å². The van der Waals surface area contributed by atoms with Crippen LogP contribution in [0.5, 0.6) is 0 Å². The van der Waals surface area contributed by atoms with Gasteiger partial charge in [-0.25, -0.2) is 4.79 Å². The van der Waals surface area contributed by atoms with Gasteiger partial charge in [-0.3, -0.25) is 9.69 Å². The summed E-state index contributed by atoms with van der Waals surface area (Å²) in [6, 6.07) is 18.2. The molecule has 1 N–H and O–H groups in total. The van der Waals surface area contributed by atoms with E-state index in [1.54, 1.807) is 25.1 Å². The molecule has 3 amide bonds. The van der Waals surface area contributed by atoms with Crippen LogP contribution in [-0.4, -0.2) is 16.8 Å². The van der Waals surface area contributed by atoms with Crippen LogP contribution in [0, 0.1) is 0 Å². The zero-order valence-corrected chi connectivity index (χ0v) is 16.0. The first-order valence-electron chi connectivity index (χ1n) is 8.46. The van der Waals surface area contributed by atoms with Crippen LogP contribution in [0.15, 0.2) is 60.7 Å². The van der Waals surface area contributed by atoms with Gasteiger partial charge in [0.05, 0.1) is 6.54 Å². The number of hydrogen-bond donors (Lipinski definition) is 1. The summed E-state index contributed by atoms with van der Waals surface area (Å²) in [6.45, 7) is 1.85. The number of nitrogens with one attached hydrogen (secondary N) is 1. The fourth-order valence-electron chi connectivity index (χ4n) is 3.52. The number of urea groups is 1. The molecule has 1 atom stereocenters. The third kappa shape index (κ3) is 2.95. The highest BCUT2D eigenvalue weighted by atomic mass is 35.5. The molecular weight excluding hydrogens is 383 g/mol. The fourth-order valence-corrected chi connectivity index (χ4v) is 4.12. The zero-order valence-electron chi connectivity index (χ0n) is 14.5. The number of carbonyl (C=O) groups excluding carboxylic acids is 2. The molecule has 0 aliphatic carbocycles. The second-order valence-electron chi connectivity index (χ2n) is 6.71. The molecule has 0 bridgehead atoms. The number of benzene rings is 3. The number of carbonyl (C=O) groups is 2. The monoisotopic (exact) mass is 398 g/mol. The highest BCUT2D eigenvalue weighted by molar-refractivity contribution is 6.35. The number of rotatable bonds is 3. The largest absolute Gasteiger partial charge is 0.325 e. The molecule has 1 aliphatic rings. The van der Waals surface area contributed by atoms with E-state index in [2.05, 4.69) is 5.32 Å². The maximum Gasteiger partial charge on any atom is 0.325 e. The van der Waals surface area contributed by atoms with Gasteiger partial charge in [-0.2, -0.15) is 0 Å². The lowest BCUT2D eigenvalue weighted by molar-refractivity contribution is -0.131. The van der Waals surface area contributed by atoms with E-state index < -0.39 is 11.6 Å². The van der Waals surface area contributed by atoms with E-state index in [9.17, 15) is 9.59 Å². The van der Waals surface area contributed by atoms with Crippen molar-refractivity contribution in [3.63, 3.8) is 0 Å². The molecule has 136 valence electrons. The second kappa shape index (κ2) is 6.55. The Bertz CT molecular complexity index is 1080. The summed E-state index contributed by atoms with van der Waals surface area (Å²) in [5.74, 6) is -0.343. The van der Waals surface area contributed by atoms with Crippen molar-refractivity contribution in [1.82, 2.24) is 10.2 Å². The molecule has 1 aliphatic heterocycles. The molecule has 1 heterocycles. The van der Waals surface area contributed by atoms with Crippen LogP contribution in [-0.2, 0) is 16.9 Å². The van der Waals surface area contributed by atoms with Gasteiger partial charge >= 0.3 is 6.03 Å². The smallest absolute Gasteiger partial charge is 0.319 e. The maximum atomic E-state index is 13.2. The van der Waals surface area contributed by atoms with Gasteiger partial charge in [0.15, 0.2) is 0 Å². The summed E-state index contributed by atoms with van der Waals surface area (Å²) in [6.07, 6.45) is 0. The van der Waals surface area contributed by atoms with E-state index in [-0.39, 0.29) is 12.5 Å². The Kier molecular flexibility index (Phi) is 4.33. The minimum absolute atomic E-state index is 0.187. The predicted molar refractivity (Wildman–Crippen MR) is 107 cm³/mol. The van der Waals surface area contributed by atoms with Gasteiger partial charge in [0.25, 0.3) is 5.91 Å². The Hall–Kier alpha value is -2.56. The average Bonchev–Trinajstić information content (AvgIpc) is 2.85. The van der Waals surface area contributed by atoms with Crippen LogP contribution in [0.1, 0.15) is 18.1 Å². The van der Waals surface area contributed by atoms with Crippen molar-refractivity contribution in [3.8, 4) is 0 Å². The lowest BCUT2D eigenvalue weighted by Crippen LogP contribution is -2.41. The third-order valence-corrected chi connectivity index (χ3v) is 5.50. The molecule has 0 radical (unpaired) electrons. The summed E-state index contributed by atoms with van der Waals surface area (Å²) >= 11 is 12.3. The van der Waals surface area contributed by atoms with E-state index in [4.69, 9.17) is 23.2 Å². The number of imide groups is 1. The van der Waals surface area contributed by atoms with E-state index in [0.29, 0.717) is 15.6 Å². The Morgan fingerprint density at radius 1 is 1.00 bits per heavy atom. The van der Waals surface area contributed by atoms with Crippen molar-refractivity contribution in [2.24, 2.45) is 0 Å². The molecule has 4 rings (SSSR count). The van der Waals surface area contributed by atoms with Gasteiger partial charge < -0.3 is 5.32 Å². The second-order valence-corrected chi connectivity index (χ2v) is 7.55. The van der Waals surface area contributed by atoms with Crippen LogP contribution in [0.3, 0.4) is 0 Å². The Morgan fingerprint density at radius 2 is 1.74 bits per heavy atom. The highest BCUT2D eigenvalue weighted by Gasteiger charge is 2.49. The molecule has 0 saturated carbocycles. The lowest BCUT2D eigenvalue weighted by Gasteiger charge is -2.23. The molecule has 1 saturated heterocycles. The summed E-state index contributed by atoms with van der Waals surface area (Å²) in [4.78, 5) is 27.0. The fraction of sp³-hybridized carbons (Fsp3) is 0.143. The Labute approximate surface area is 166 Å². The SMILES string of the molecule is C[C@]1(c2ccc(Cl)cc2Cl)NC(=O)N(Cc2cccc3ccccc23)C1=O. The van der Waals surface area contributed by atoms with Crippen LogP contribution < -0.4 is 5.32 Å². The predicted octanol–water partition coefficient (Wildman–Crippen LogP) is 5.11. The van der Waals surface area contributed by atoms with Crippen LogP contribution in [0.2, 0.25) is 10.0 Å². The number of halogens is 2. The standard InChI is InChI=1S/C21H16Cl2N2O2/c1-21(17-10-9-15(22)11-18(17)23)19(26)25(20(27)24-21)12-14-7-4-6-13-5-2-3-8-16(13)14/h2-11H,12H2,1H3,(H,24,27)/t21-/m1/s1. The number of nitrogens with zero attached hydrogens (tertiary/aromatic N) is 1. The lowest BCUT2D eigenvalue weighted by atomic mass is 9.92. The minimum atomic E-state index is -1.23. The first kappa shape index (κ1) is 17.8. The van der Waals surface area contributed by atoms with Gasteiger partial charge in [-0.1, -0.05) is 71.7 Å². The topological polar surface area (TPSA) is 49.4 Å². The van der Waals surface area contributed by atoms with Crippen molar-refractivity contribution in [2.45, 2.75) is 19.0 Å². The summed E-state index contributed by atoms with van der Waals surface area (Å²) in [5.41, 5.74) is 0.193. The molecule has 3 aromatic carbocycles. The van der Waals surface area contributed by atoms with Crippen molar-refractivity contribution in [1.29, 1.82) is 0 Å².